The second-order valence-corrected chi connectivity index (χ2v) is 6.04. The zero-order valence-electron chi connectivity index (χ0n) is 13.2. The summed E-state index contributed by atoms with van der Waals surface area (Å²) in [5.74, 6) is -1.95. The van der Waals surface area contributed by atoms with E-state index in [4.69, 9.17) is 19.0 Å². The molecule has 0 unspecified atom stereocenters. The van der Waals surface area contributed by atoms with E-state index in [2.05, 4.69) is 5.10 Å². The Morgan fingerprint density at radius 3 is 2.92 bits per heavy atom. The number of aryl methyl sites for hydroxylation is 2. The number of hydrogen-bond acceptors (Lipinski definition) is 5. The highest BCUT2D eigenvalue weighted by Crippen LogP contribution is 2.42. The number of nitrogens with zero attached hydrogens (tertiary/aromatic N) is 2. The van der Waals surface area contributed by atoms with Gasteiger partial charge in [-0.3, -0.25) is 4.68 Å². The summed E-state index contributed by atoms with van der Waals surface area (Å²) in [7, 11) is 0. The Hall–Kier alpha value is -2.26. The van der Waals surface area contributed by atoms with Crippen molar-refractivity contribution in [2.75, 3.05) is 19.8 Å². The van der Waals surface area contributed by atoms with Gasteiger partial charge >= 0.3 is 5.97 Å². The monoisotopic (exact) mass is 354 g/mol. The van der Waals surface area contributed by atoms with Gasteiger partial charge in [-0.25, -0.2) is 13.6 Å². The van der Waals surface area contributed by atoms with Crippen LogP contribution in [0.1, 0.15) is 33.9 Å². The molecule has 0 bridgehead atoms. The van der Waals surface area contributed by atoms with E-state index < -0.39 is 23.7 Å². The first-order valence-corrected chi connectivity index (χ1v) is 7.97. The molecular weight excluding hydrogens is 338 g/mol. The summed E-state index contributed by atoms with van der Waals surface area (Å²) in [5, 5.41) is 13.5. The molecule has 1 N–H and O–H groups in total. The summed E-state index contributed by atoms with van der Waals surface area (Å²) >= 11 is 0. The number of halogens is 2. The summed E-state index contributed by atoms with van der Waals surface area (Å²) in [6.07, 6.45) is -0.393. The first-order chi connectivity index (χ1) is 12.0. The van der Waals surface area contributed by atoms with Crippen LogP contribution in [-0.2, 0) is 28.9 Å². The molecule has 0 saturated carbocycles. The van der Waals surface area contributed by atoms with Crippen LogP contribution in [0, 0.1) is 0 Å². The number of furan rings is 1. The Labute approximate surface area is 141 Å². The van der Waals surface area contributed by atoms with Gasteiger partial charge < -0.3 is 19.0 Å². The van der Waals surface area contributed by atoms with Gasteiger partial charge in [-0.05, 0) is 12.0 Å². The highest BCUT2D eigenvalue weighted by molar-refractivity contribution is 5.90. The number of aromatic nitrogens is 2. The van der Waals surface area contributed by atoms with Crippen LogP contribution < -0.4 is 0 Å². The Bertz CT molecular complexity index is 808. The lowest BCUT2D eigenvalue weighted by Gasteiger charge is -2.22. The normalized spacial score (nSPS) is 19.7. The summed E-state index contributed by atoms with van der Waals surface area (Å²) in [4.78, 5) is 11.2. The van der Waals surface area contributed by atoms with Gasteiger partial charge in [-0.1, -0.05) is 0 Å². The number of rotatable bonds is 4. The molecule has 2 aliphatic rings. The second kappa shape index (κ2) is 6.23. The fourth-order valence-corrected chi connectivity index (χ4v) is 3.34. The fraction of sp³-hybridized carbons (Fsp3) is 0.500. The van der Waals surface area contributed by atoms with Crippen molar-refractivity contribution in [2.24, 2.45) is 0 Å². The third kappa shape index (κ3) is 2.83. The van der Waals surface area contributed by atoms with Gasteiger partial charge in [0.25, 0.3) is 6.43 Å². The molecular formula is C16H16F2N2O5. The van der Waals surface area contributed by atoms with Gasteiger partial charge in [0, 0.05) is 12.6 Å². The van der Waals surface area contributed by atoms with E-state index in [1.165, 1.54) is 0 Å². The van der Waals surface area contributed by atoms with Gasteiger partial charge in [0.15, 0.2) is 0 Å². The Kier molecular flexibility index (Phi) is 4.04. The zero-order valence-corrected chi connectivity index (χ0v) is 13.2. The summed E-state index contributed by atoms with van der Waals surface area (Å²) < 4.78 is 44.7. The first kappa shape index (κ1) is 16.2. The maximum Gasteiger partial charge on any atom is 0.372 e. The van der Waals surface area contributed by atoms with Crippen molar-refractivity contribution < 1.29 is 32.6 Å². The van der Waals surface area contributed by atoms with E-state index in [9.17, 15) is 13.6 Å². The molecule has 1 atom stereocenters. The maximum atomic E-state index is 13.5. The number of carboxylic acids is 1. The lowest BCUT2D eigenvalue weighted by molar-refractivity contribution is -0.0946. The van der Waals surface area contributed by atoms with Gasteiger partial charge in [0.05, 0.1) is 43.2 Å². The summed E-state index contributed by atoms with van der Waals surface area (Å²) in [5.41, 5.74) is 0.688. The van der Waals surface area contributed by atoms with E-state index in [1.807, 2.05) is 0 Å². The number of carboxylic acid groups (broad SMARTS) is 1. The number of hydrogen-bond donors (Lipinski definition) is 1. The molecule has 0 spiro atoms. The molecule has 2 aromatic rings. The molecule has 4 rings (SSSR count). The van der Waals surface area contributed by atoms with E-state index in [-0.39, 0.29) is 17.4 Å². The van der Waals surface area contributed by atoms with Crippen LogP contribution in [0.3, 0.4) is 0 Å². The minimum absolute atomic E-state index is 0.119. The largest absolute Gasteiger partial charge is 0.475 e. The second-order valence-electron chi connectivity index (χ2n) is 6.04. The quantitative estimate of drug-likeness (QED) is 0.907. The van der Waals surface area contributed by atoms with Crippen molar-refractivity contribution in [3.63, 3.8) is 0 Å². The zero-order chi connectivity index (χ0) is 17.6. The standard InChI is InChI=1S/C16H16F2N2O5/c17-15(18)12-11-10(25-14(12)16(21)22)2-1-8-5-20(19-13(8)11)6-9-7-23-3-4-24-9/h5,9,15H,1-4,6-7H2,(H,21,22)/t9-/m0/s1. The molecule has 9 heteroatoms. The molecule has 25 heavy (non-hydrogen) atoms. The molecule has 1 aliphatic heterocycles. The van der Waals surface area contributed by atoms with E-state index in [0.717, 1.165) is 5.56 Å². The topological polar surface area (TPSA) is 86.7 Å². The number of fused-ring (bicyclic) bond motifs is 3. The molecule has 0 radical (unpaired) electrons. The lowest BCUT2D eigenvalue weighted by atomic mass is 9.93. The SMILES string of the molecule is O=C(O)c1oc2c(c1C(F)F)-c1nn(C[C@H]3COCCO3)cc1CC2. The molecule has 0 amide bonds. The molecule has 3 heterocycles. The molecule has 2 aromatic heterocycles. The summed E-state index contributed by atoms with van der Waals surface area (Å²) in [6, 6.07) is 0. The van der Waals surface area contributed by atoms with Crippen molar-refractivity contribution >= 4 is 5.97 Å². The van der Waals surface area contributed by atoms with E-state index in [0.29, 0.717) is 44.9 Å². The van der Waals surface area contributed by atoms with E-state index >= 15 is 0 Å². The third-order valence-corrected chi connectivity index (χ3v) is 4.40. The van der Waals surface area contributed by atoms with Crippen LogP contribution in [0.4, 0.5) is 8.78 Å². The van der Waals surface area contributed by atoms with E-state index in [1.54, 1.807) is 10.9 Å². The Morgan fingerprint density at radius 2 is 2.24 bits per heavy atom. The maximum absolute atomic E-state index is 13.5. The van der Waals surface area contributed by atoms with Crippen LogP contribution in [-0.4, -0.2) is 46.8 Å². The predicted molar refractivity (Wildman–Crippen MR) is 79.8 cm³/mol. The van der Waals surface area contributed by atoms with Crippen molar-refractivity contribution in [1.29, 1.82) is 0 Å². The van der Waals surface area contributed by atoms with Crippen molar-refractivity contribution in [3.05, 3.63) is 28.8 Å². The minimum Gasteiger partial charge on any atom is -0.475 e. The van der Waals surface area contributed by atoms with Crippen LogP contribution in [0.5, 0.6) is 0 Å². The average Bonchev–Trinajstić information content (AvgIpc) is 3.15. The van der Waals surface area contributed by atoms with Crippen molar-refractivity contribution in [3.8, 4) is 11.3 Å². The van der Waals surface area contributed by atoms with Crippen LogP contribution in [0.2, 0.25) is 0 Å². The first-order valence-electron chi connectivity index (χ1n) is 7.97. The Balaban J connectivity index is 1.72. The van der Waals surface area contributed by atoms with Gasteiger partial charge in [0.1, 0.15) is 11.9 Å². The average molecular weight is 354 g/mol. The third-order valence-electron chi connectivity index (χ3n) is 4.40. The van der Waals surface area contributed by atoms with Crippen LogP contribution in [0.15, 0.2) is 10.6 Å². The number of ether oxygens (including phenoxy) is 2. The molecule has 7 nitrogen and oxygen atoms in total. The van der Waals surface area contributed by atoms with Crippen molar-refractivity contribution in [1.82, 2.24) is 9.78 Å². The van der Waals surface area contributed by atoms with Gasteiger partial charge in [0.2, 0.25) is 5.76 Å². The van der Waals surface area contributed by atoms with Gasteiger partial charge in [-0.2, -0.15) is 5.10 Å². The highest BCUT2D eigenvalue weighted by Gasteiger charge is 2.35. The number of aromatic carboxylic acids is 1. The molecule has 1 saturated heterocycles. The smallest absolute Gasteiger partial charge is 0.372 e. The van der Waals surface area contributed by atoms with Crippen molar-refractivity contribution in [2.45, 2.75) is 31.9 Å². The minimum atomic E-state index is -2.95. The predicted octanol–water partition coefficient (Wildman–Crippen LogP) is 2.29. The Morgan fingerprint density at radius 1 is 1.40 bits per heavy atom. The fourth-order valence-electron chi connectivity index (χ4n) is 3.34. The molecule has 0 aromatic carbocycles. The molecule has 134 valence electrons. The number of alkyl halides is 2. The number of carbonyl (C=O) groups is 1. The summed E-state index contributed by atoms with van der Waals surface area (Å²) in [6.45, 7) is 1.96. The molecule has 1 aliphatic carbocycles. The van der Waals surface area contributed by atoms with Gasteiger partial charge in [-0.15, -0.1) is 0 Å². The lowest BCUT2D eigenvalue weighted by Crippen LogP contribution is -2.32. The van der Waals surface area contributed by atoms with Crippen LogP contribution >= 0.6 is 0 Å². The van der Waals surface area contributed by atoms with Crippen LogP contribution in [0.25, 0.3) is 11.3 Å². The molecule has 1 fully saturated rings. The highest BCUT2D eigenvalue weighted by atomic mass is 19.3.